The monoisotopic (exact) mass is 327 g/mol. The average molecular weight is 327 g/mol. The Morgan fingerprint density at radius 3 is 2.48 bits per heavy atom. The highest BCUT2D eigenvalue weighted by atomic mass is 32.1. The molecule has 0 spiro atoms. The summed E-state index contributed by atoms with van der Waals surface area (Å²) in [6.07, 6.45) is 0. The van der Waals surface area contributed by atoms with Crippen LogP contribution in [0.5, 0.6) is 5.75 Å². The van der Waals surface area contributed by atoms with E-state index in [4.69, 9.17) is 4.74 Å². The van der Waals surface area contributed by atoms with Crippen molar-refractivity contribution in [3.63, 3.8) is 0 Å². The molecule has 116 valence electrons. The molecule has 0 amide bonds. The van der Waals surface area contributed by atoms with Gasteiger partial charge in [0.1, 0.15) is 12.3 Å². The van der Waals surface area contributed by atoms with Gasteiger partial charge in [-0.2, -0.15) is 0 Å². The Morgan fingerprint density at radius 1 is 1.09 bits per heavy atom. The van der Waals surface area contributed by atoms with Gasteiger partial charge < -0.3 is 4.74 Å². The van der Waals surface area contributed by atoms with E-state index >= 15 is 0 Å². The highest BCUT2D eigenvalue weighted by Gasteiger charge is 2.12. The van der Waals surface area contributed by atoms with E-state index in [0.29, 0.717) is 16.8 Å². The standard InChI is InChI=1S/C17H13NO4S/c1-11(19)12-6-8-13(9-7-12)22-16(20)10-18-14-4-2-3-5-15(14)23-17(18)21/h2-9H,10H2,1H3. The van der Waals surface area contributed by atoms with Crippen LogP contribution in [0.25, 0.3) is 10.2 Å². The number of Topliss-reactive ketones (excluding diaryl/α,β-unsaturated/α-hetero) is 1. The van der Waals surface area contributed by atoms with E-state index in [9.17, 15) is 14.4 Å². The van der Waals surface area contributed by atoms with Gasteiger partial charge in [0.15, 0.2) is 5.78 Å². The first-order chi connectivity index (χ1) is 11.0. The fraction of sp³-hybridized carbons (Fsp3) is 0.118. The summed E-state index contributed by atoms with van der Waals surface area (Å²) in [6.45, 7) is 1.31. The first-order valence-electron chi connectivity index (χ1n) is 6.94. The van der Waals surface area contributed by atoms with Crippen LogP contribution in [0.3, 0.4) is 0 Å². The molecule has 5 nitrogen and oxygen atoms in total. The Balaban J connectivity index is 1.77. The van der Waals surface area contributed by atoms with Gasteiger partial charge in [0.25, 0.3) is 0 Å². The van der Waals surface area contributed by atoms with E-state index < -0.39 is 5.97 Å². The number of carbonyl (C=O) groups excluding carboxylic acids is 2. The number of esters is 1. The van der Waals surface area contributed by atoms with E-state index in [1.165, 1.54) is 11.5 Å². The zero-order valence-corrected chi connectivity index (χ0v) is 13.1. The summed E-state index contributed by atoms with van der Waals surface area (Å²) in [5.74, 6) is -0.252. The number of ketones is 1. The summed E-state index contributed by atoms with van der Waals surface area (Å²) < 4.78 is 7.45. The summed E-state index contributed by atoms with van der Waals surface area (Å²) in [4.78, 5) is 35.0. The Kier molecular flexibility index (Phi) is 4.08. The van der Waals surface area contributed by atoms with E-state index in [2.05, 4.69) is 0 Å². The SMILES string of the molecule is CC(=O)c1ccc(OC(=O)Cn2c(=O)sc3ccccc32)cc1. The zero-order valence-electron chi connectivity index (χ0n) is 12.3. The van der Waals surface area contributed by atoms with Crippen LogP contribution in [0.4, 0.5) is 0 Å². The summed E-state index contributed by atoms with van der Waals surface area (Å²) in [6, 6.07) is 13.6. The lowest BCUT2D eigenvalue weighted by molar-refractivity contribution is -0.135. The lowest BCUT2D eigenvalue weighted by Crippen LogP contribution is -2.22. The fourth-order valence-corrected chi connectivity index (χ4v) is 3.10. The number of para-hydroxylation sites is 1. The molecular weight excluding hydrogens is 314 g/mol. The van der Waals surface area contributed by atoms with Crippen LogP contribution in [-0.2, 0) is 11.3 Å². The number of rotatable bonds is 4. The molecule has 6 heteroatoms. The third-order valence-corrected chi connectivity index (χ3v) is 4.31. The van der Waals surface area contributed by atoms with Crippen molar-refractivity contribution in [3.05, 3.63) is 63.8 Å². The van der Waals surface area contributed by atoms with Crippen molar-refractivity contribution in [3.8, 4) is 5.75 Å². The topological polar surface area (TPSA) is 65.4 Å². The number of ether oxygens (including phenoxy) is 1. The maximum absolute atomic E-state index is 12.1. The maximum Gasteiger partial charge on any atom is 0.331 e. The molecule has 0 radical (unpaired) electrons. The molecule has 0 atom stereocenters. The van der Waals surface area contributed by atoms with Gasteiger partial charge in [0.2, 0.25) is 0 Å². The van der Waals surface area contributed by atoms with Crippen LogP contribution in [0.15, 0.2) is 53.3 Å². The molecule has 0 aliphatic carbocycles. The number of thiazole rings is 1. The molecule has 2 aromatic carbocycles. The number of hydrogen-bond acceptors (Lipinski definition) is 5. The molecule has 0 fully saturated rings. The molecule has 0 unspecified atom stereocenters. The number of carbonyl (C=O) groups is 2. The van der Waals surface area contributed by atoms with Gasteiger partial charge in [-0.3, -0.25) is 14.2 Å². The predicted octanol–water partition coefficient (Wildman–Crippen LogP) is 2.87. The van der Waals surface area contributed by atoms with Gasteiger partial charge in [0.05, 0.1) is 10.2 Å². The molecule has 0 bridgehead atoms. The number of fused-ring (bicyclic) bond motifs is 1. The minimum absolute atomic E-state index is 0.0563. The molecule has 1 heterocycles. The Labute approximate surface area is 135 Å². The largest absolute Gasteiger partial charge is 0.425 e. The average Bonchev–Trinajstić information content (AvgIpc) is 2.84. The first-order valence-corrected chi connectivity index (χ1v) is 7.76. The fourth-order valence-electron chi connectivity index (χ4n) is 2.21. The van der Waals surface area contributed by atoms with Crippen molar-refractivity contribution < 1.29 is 14.3 Å². The second-order valence-electron chi connectivity index (χ2n) is 4.98. The van der Waals surface area contributed by atoms with Crippen LogP contribution in [0.2, 0.25) is 0 Å². The summed E-state index contributed by atoms with van der Waals surface area (Å²) in [5.41, 5.74) is 1.26. The summed E-state index contributed by atoms with van der Waals surface area (Å²) in [5, 5.41) is 0. The maximum atomic E-state index is 12.1. The van der Waals surface area contributed by atoms with Gasteiger partial charge in [0, 0.05) is 5.56 Å². The quantitative estimate of drug-likeness (QED) is 0.420. The number of nitrogens with zero attached hydrogens (tertiary/aromatic N) is 1. The van der Waals surface area contributed by atoms with Gasteiger partial charge >= 0.3 is 10.8 Å². The Bertz CT molecular complexity index is 937. The molecule has 0 N–H and O–H groups in total. The molecular formula is C17H13NO4S. The van der Waals surface area contributed by atoms with E-state index in [1.54, 1.807) is 30.3 Å². The minimum atomic E-state index is -0.536. The highest BCUT2D eigenvalue weighted by molar-refractivity contribution is 7.16. The molecule has 1 aromatic heterocycles. The van der Waals surface area contributed by atoms with Gasteiger partial charge in [-0.1, -0.05) is 23.5 Å². The molecule has 3 aromatic rings. The highest BCUT2D eigenvalue weighted by Crippen LogP contribution is 2.17. The zero-order chi connectivity index (χ0) is 16.4. The molecule has 23 heavy (non-hydrogen) atoms. The summed E-state index contributed by atoms with van der Waals surface area (Å²) in [7, 11) is 0. The van der Waals surface area contributed by atoms with E-state index in [1.807, 2.05) is 18.2 Å². The first kappa shape index (κ1) is 15.2. The van der Waals surface area contributed by atoms with Crippen molar-refractivity contribution in [2.24, 2.45) is 0 Å². The van der Waals surface area contributed by atoms with Crippen LogP contribution in [0.1, 0.15) is 17.3 Å². The number of aromatic nitrogens is 1. The lowest BCUT2D eigenvalue weighted by Gasteiger charge is -2.06. The molecule has 0 saturated heterocycles. The molecule has 3 rings (SSSR count). The lowest BCUT2D eigenvalue weighted by atomic mass is 10.1. The molecule has 0 saturated carbocycles. The Morgan fingerprint density at radius 2 is 1.78 bits per heavy atom. The van der Waals surface area contributed by atoms with Crippen molar-refractivity contribution in [1.82, 2.24) is 4.57 Å². The van der Waals surface area contributed by atoms with Crippen LogP contribution >= 0.6 is 11.3 Å². The predicted molar refractivity (Wildman–Crippen MR) is 88.2 cm³/mol. The second-order valence-corrected chi connectivity index (χ2v) is 5.97. The third kappa shape index (κ3) is 3.22. The molecule has 0 aliphatic rings. The summed E-state index contributed by atoms with van der Waals surface area (Å²) >= 11 is 1.09. The van der Waals surface area contributed by atoms with Crippen molar-refractivity contribution in [1.29, 1.82) is 0 Å². The van der Waals surface area contributed by atoms with Crippen molar-refractivity contribution in [2.45, 2.75) is 13.5 Å². The van der Waals surface area contributed by atoms with E-state index in [0.717, 1.165) is 16.0 Å². The van der Waals surface area contributed by atoms with Crippen molar-refractivity contribution >= 4 is 33.3 Å². The normalized spacial score (nSPS) is 10.7. The van der Waals surface area contributed by atoms with Crippen LogP contribution in [-0.4, -0.2) is 16.3 Å². The van der Waals surface area contributed by atoms with Crippen LogP contribution in [0, 0.1) is 0 Å². The molecule has 0 aliphatic heterocycles. The number of benzene rings is 2. The van der Waals surface area contributed by atoms with Gasteiger partial charge in [-0.15, -0.1) is 0 Å². The van der Waals surface area contributed by atoms with E-state index in [-0.39, 0.29) is 17.2 Å². The number of hydrogen-bond donors (Lipinski definition) is 0. The Hall–Kier alpha value is -2.73. The van der Waals surface area contributed by atoms with Gasteiger partial charge in [-0.05, 0) is 43.3 Å². The van der Waals surface area contributed by atoms with Gasteiger partial charge in [-0.25, -0.2) is 4.79 Å². The minimum Gasteiger partial charge on any atom is -0.425 e. The second kappa shape index (κ2) is 6.18. The van der Waals surface area contributed by atoms with Crippen molar-refractivity contribution in [2.75, 3.05) is 0 Å². The third-order valence-electron chi connectivity index (χ3n) is 3.35. The van der Waals surface area contributed by atoms with Crippen LogP contribution < -0.4 is 9.61 Å². The smallest absolute Gasteiger partial charge is 0.331 e.